The van der Waals surface area contributed by atoms with Gasteiger partial charge in [-0.2, -0.15) is 11.3 Å². The molecule has 0 saturated heterocycles. The molecule has 0 aliphatic rings. The van der Waals surface area contributed by atoms with Crippen LogP contribution in [0.4, 0.5) is 11.4 Å². The molecule has 2 rings (SSSR count). The van der Waals surface area contributed by atoms with E-state index in [0.717, 1.165) is 12.2 Å². The van der Waals surface area contributed by atoms with Gasteiger partial charge in [0.1, 0.15) is 0 Å². The summed E-state index contributed by atoms with van der Waals surface area (Å²) >= 11 is 1.73. The first kappa shape index (κ1) is 11.0. The molecule has 0 saturated carbocycles. The molecule has 0 atom stereocenters. The Labute approximate surface area is 101 Å². The molecule has 0 unspecified atom stereocenters. The standard InChI is InChI=1S/C13H16N2S/c1-15(2)13-5-3-12(4-6-13)14-9-11-7-8-16-10-11/h3-8,10,14H,9H2,1-2H3. The highest BCUT2D eigenvalue weighted by Gasteiger charge is 1.96. The lowest BCUT2D eigenvalue weighted by Crippen LogP contribution is -2.08. The topological polar surface area (TPSA) is 15.3 Å². The van der Waals surface area contributed by atoms with Gasteiger partial charge in [0.25, 0.3) is 0 Å². The second-order valence-electron chi connectivity index (χ2n) is 3.93. The van der Waals surface area contributed by atoms with Gasteiger partial charge >= 0.3 is 0 Å². The van der Waals surface area contributed by atoms with Crippen LogP contribution in [-0.2, 0) is 6.54 Å². The predicted octanol–water partition coefficient (Wildman–Crippen LogP) is 3.43. The van der Waals surface area contributed by atoms with Crippen molar-refractivity contribution in [2.45, 2.75) is 6.54 Å². The summed E-state index contributed by atoms with van der Waals surface area (Å²) in [6.45, 7) is 0.894. The molecule has 0 spiro atoms. The van der Waals surface area contributed by atoms with E-state index in [0.29, 0.717) is 0 Å². The third-order valence-corrected chi connectivity index (χ3v) is 3.19. The summed E-state index contributed by atoms with van der Waals surface area (Å²) in [5.41, 5.74) is 3.72. The van der Waals surface area contributed by atoms with E-state index in [2.05, 4.69) is 51.3 Å². The molecule has 16 heavy (non-hydrogen) atoms. The van der Waals surface area contributed by atoms with Gasteiger partial charge in [-0.15, -0.1) is 0 Å². The van der Waals surface area contributed by atoms with E-state index in [4.69, 9.17) is 0 Å². The summed E-state index contributed by atoms with van der Waals surface area (Å²) < 4.78 is 0. The highest BCUT2D eigenvalue weighted by molar-refractivity contribution is 7.07. The van der Waals surface area contributed by atoms with Crippen LogP contribution in [0.15, 0.2) is 41.1 Å². The van der Waals surface area contributed by atoms with Crippen molar-refractivity contribution in [3.05, 3.63) is 46.7 Å². The molecule has 2 aromatic rings. The Kier molecular flexibility index (Phi) is 3.47. The molecule has 1 heterocycles. The molecule has 1 aromatic heterocycles. The molecule has 3 heteroatoms. The molecule has 0 bridgehead atoms. The molecule has 1 aromatic carbocycles. The fourth-order valence-corrected chi connectivity index (χ4v) is 2.14. The summed E-state index contributed by atoms with van der Waals surface area (Å²) in [7, 11) is 4.10. The van der Waals surface area contributed by atoms with Crippen molar-refractivity contribution in [1.29, 1.82) is 0 Å². The second-order valence-corrected chi connectivity index (χ2v) is 4.71. The minimum atomic E-state index is 0.894. The van der Waals surface area contributed by atoms with Crippen LogP contribution in [0.1, 0.15) is 5.56 Å². The van der Waals surface area contributed by atoms with Crippen molar-refractivity contribution in [2.75, 3.05) is 24.3 Å². The Balaban J connectivity index is 1.95. The lowest BCUT2D eigenvalue weighted by molar-refractivity contribution is 1.13. The molecular weight excluding hydrogens is 216 g/mol. The number of anilines is 2. The van der Waals surface area contributed by atoms with Crippen molar-refractivity contribution >= 4 is 22.7 Å². The largest absolute Gasteiger partial charge is 0.381 e. The Bertz CT molecular complexity index is 418. The first-order valence-electron chi connectivity index (χ1n) is 5.28. The van der Waals surface area contributed by atoms with Gasteiger partial charge in [-0.25, -0.2) is 0 Å². The predicted molar refractivity (Wildman–Crippen MR) is 72.4 cm³/mol. The third-order valence-electron chi connectivity index (χ3n) is 2.46. The monoisotopic (exact) mass is 232 g/mol. The second kappa shape index (κ2) is 5.03. The summed E-state index contributed by atoms with van der Waals surface area (Å²) in [6, 6.07) is 10.6. The fourth-order valence-electron chi connectivity index (χ4n) is 1.47. The van der Waals surface area contributed by atoms with Crippen molar-refractivity contribution < 1.29 is 0 Å². The zero-order valence-electron chi connectivity index (χ0n) is 9.60. The van der Waals surface area contributed by atoms with Crippen molar-refractivity contribution in [3.8, 4) is 0 Å². The maximum absolute atomic E-state index is 3.40. The van der Waals surface area contributed by atoms with Crippen molar-refractivity contribution in [2.24, 2.45) is 0 Å². The molecule has 0 aliphatic heterocycles. The van der Waals surface area contributed by atoms with Crippen LogP contribution in [0.25, 0.3) is 0 Å². The summed E-state index contributed by atoms with van der Waals surface area (Å²) in [4.78, 5) is 2.10. The van der Waals surface area contributed by atoms with Gasteiger partial charge in [0.05, 0.1) is 0 Å². The van der Waals surface area contributed by atoms with Crippen LogP contribution in [0.2, 0.25) is 0 Å². The number of benzene rings is 1. The van der Waals surface area contributed by atoms with Crippen LogP contribution in [0, 0.1) is 0 Å². The quantitative estimate of drug-likeness (QED) is 0.869. The maximum Gasteiger partial charge on any atom is 0.0409 e. The smallest absolute Gasteiger partial charge is 0.0409 e. The van der Waals surface area contributed by atoms with Crippen LogP contribution < -0.4 is 10.2 Å². The van der Waals surface area contributed by atoms with Crippen LogP contribution in [0.5, 0.6) is 0 Å². The lowest BCUT2D eigenvalue weighted by Gasteiger charge is -2.13. The number of rotatable bonds is 4. The molecule has 84 valence electrons. The highest BCUT2D eigenvalue weighted by atomic mass is 32.1. The maximum atomic E-state index is 3.40. The highest BCUT2D eigenvalue weighted by Crippen LogP contribution is 2.16. The van der Waals surface area contributed by atoms with E-state index in [1.54, 1.807) is 11.3 Å². The zero-order valence-corrected chi connectivity index (χ0v) is 10.4. The van der Waals surface area contributed by atoms with E-state index in [-0.39, 0.29) is 0 Å². The van der Waals surface area contributed by atoms with Gasteiger partial charge in [0.2, 0.25) is 0 Å². The lowest BCUT2D eigenvalue weighted by atomic mass is 10.2. The van der Waals surface area contributed by atoms with Crippen LogP contribution in [-0.4, -0.2) is 14.1 Å². The number of thiophene rings is 1. The summed E-state index contributed by atoms with van der Waals surface area (Å²) in [5.74, 6) is 0. The molecule has 0 fully saturated rings. The first-order valence-corrected chi connectivity index (χ1v) is 6.22. The Hall–Kier alpha value is -1.48. The minimum Gasteiger partial charge on any atom is -0.381 e. The van der Waals surface area contributed by atoms with Gasteiger partial charge in [-0.05, 0) is 46.7 Å². The molecule has 0 radical (unpaired) electrons. The van der Waals surface area contributed by atoms with Gasteiger partial charge in [0.15, 0.2) is 0 Å². The van der Waals surface area contributed by atoms with Crippen molar-refractivity contribution in [1.82, 2.24) is 0 Å². The van der Waals surface area contributed by atoms with Crippen molar-refractivity contribution in [3.63, 3.8) is 0 Å². The van der Waals surface area contributed by atoms with Crippen LogP contribution in [0.3, 0.4) is 0 Å². The van der Waals surface area contributed by atoms with Crippen LogP contribution >= 0.6 is 11.3 Å². The zero-order chi connectivity index (χ0) is 11.4. The van der Waals surface area contributed by atoms with E-state index in [1.807, 2.05) is 14.1 Å². The first-order chi connectivity index (χ1) is 7.75. The van der Waals surface area contributed by atoms with E-state index in [1.165, 1.54) is 11.3 Å². The van der Waals surface area contributed by atoms with E-state index < -0.39 is 0 Å². The van der Waals surface area contributed by atoms with E-state index in [9.17, 15) is 0 Å². The van der Waals surface area contributed by atoms with Gasteiger partial charge < -0.3 is 10.2 Å². The molecule has 2 nitrogen and oxygen atoms in total. The number of hydrogen-bond donors (Lipinski definition) is 1. The normalized spacial score (nSPS) is 10.1. The minimum absolute atomic E-state index is 0.894. The Morgan fingerprint density at radius 1 is 1.12 bits per heavy atom. The molecule has 0 amide bonds. The molecule has 0 aliphatic carbocycles. The van der Waals surface area contributed by atoms with Gasteiger partial charge in [-0.3, -0.25) is 0 Å². The number of nitrogens with one attached hydrogen (secondary N) is 1. The average Bonchev–Trinajstić information content (AvgIpc) is 2.80. The Morgan fingerprint density at radius 2 is 1.88 bits per heavy atom. The third kappa shape index (κ3) is 2.76. The molecular formula is C13H16N2S. The van der Waals surface area contributed by atoms with Gasteiger partial charge in [0, 0.05) is 32.0 Å². The Morgan fingerprint density at radius 3 is 2.44 bits per heavy atom. The molecule has 1 N–H and O–H groups in total. The number of hydrogen-bond acceptors (Lipinski definition) is 3. The average molecular weight is 232 g/mol. The van der Waals surface area contributed by atoms with E-state index >= 15 is 0 Å². The fraction of sp³-hybridized carbons (Fsp3) is 0.231. The summed E-state index contributed by atoms with van der Waals surface area (Å²) in [5, 5.41) is 7.67. The van der Waals surface area contributed by atoms with Gasteiger partial charge in [-0.1, -0.05) is 0 Å². The summed E-state index contributed by atoms with van der Waals surface area (Å²) in [6.07, 6.45) is 0. The SMILES string of the molecule is CN(C)c1ccc(NCc2ccsc2)cc1. The number of nitrogens with zero attached hydrogens (tertiary/aromatic N) is 1.